The van der Waals surface area contributed by atoms with Crippen LogP contribution in [0.4, 0.5) is 4.39 Å². The Morgan fingerprint density at radius 1 is 0.966 bits per heavy atom. The quantitative estimate of drug-likeness (QED) is 0.319. The van der Waals surface area contributed by atoms with Gasteiger partial charge in [0.05, 0.1) is 13.2 Å². The lowest BCUT2D eigenvalue weighted by atomic mass is 9.68. The van der Waals surface area contributed by atoms with Crippen LogP contribution in [0.2, 0.25) is 0 Å². The van der Waals surface area contributed by atoms with Crippen molar-refractivity contribution in [3.8, 4) is 0 Å². The van der Waals surface area contributed by atoms with E-state index in [0.29, 0.717) is 24.7 Å². The highest BCUT2D eigenvalue weighted by Gasteiger charge is 2.30. The Balaban J connectivity index is 1.45. The average molecular weight is 399 g/mol. The maximum absolute atomic E-state index is 14.5. The first-order valence-corrected chi connectivity index (χ1v) is 11.8. The van der Waals surface area contributed by atoms with Gasteiger partial charge in [0.25, 0.3) is 0 Å². The van der Waals surface area contributed by atoms with Crippen LogP contribution in [0.25, 0.3) is 0 Å². The minimum Gasteiger partial charge on any atom is -0.373 e. The van der Waals surface area contributed by atoms with Crippen LogP contribution in [0.1, 0.15) is 88.7 Å². The molecule has 2 heteroatoms. The van der Waals surface area contributed by atoms with Gasteiger partial charge >= 0.3 is 0 Å². The fourth-order valence-electron chi connectivity index (χ4n) is 5.41. The van der Waals surface area contributed by atoms with E-state index in [1.807, 2.05) is 12.1 Å². The van der Waals surface area contributed by atoms with Crippen LogP contribution in [-0.2, 0) is 11.3 Å². The van der Waals surface area contributed by atoms with Gasteiger partial charge in [-0.15, -0.1) is 0 Å². The standard InChI is InChI=1S/C27H39FO/c1-3-5-6-18-29-20-26-17-16-25(19-27(26)28)24-14-12-23(13-15-24)22-10-8-21(7-4-2)9-11-22/h4-7,16-17,19,21-24H,3,8-15,18,20H2,1-2H3/b6-5+,7-4-/t21-,22-,23?,24?. The maximum Gasteiger partial charge on any atom is 0.129 e. The topological polar surface area (TPSA) is 9.23 Å². The summed E-state index contributed by atoms with van der Waals surface area (Å²) in [6, 6.07) is 5.84. The average Bonchev–Trinajstić information content (AvgIpc) is 2.75. The van der Waals surface area contributed by atoms with Gasteiger partial charge in [0.1, 0.15) is 5.82 Å². The summed E-state index contributed by atoms with van der Waals surface area (Å²) in [7, 11) is 0. The summed E-state index contributed by atoms with van der Waals surface area (Å²) in [5.74, 6) is 3.07. The molecule has 0 radical (unpaired) electrons. The molecule has 29 heavy (non-hydrogen) atoms. The predicted octanol–water partition coefficient (Wildman–Crippen LogP) is 7.96. The summed E-state index contributed by atoms with van der Waals surface area (Å²) in [5.41, 5.74) is 1.86. The molecule has 2 aliphatic rings. The van der Waals surface area contributed by atoms with Crippen molar-refractivity contribution >= 4 is 0 Å². The van der Waals surface area contributed by atoms with Gasteiger partial charge in [0, 0.05) is 5.56 Å². The van der Waals surface area contributed by atoms with Crippen LogP contribution >= 0.6 is 0 Å². The molecule has 1 nitrogen and oxygen atoms in total. The van der Waals surface area contributed by atoms with Crippen molar-refractivity contribution in [2.24, 2.45) is 17.8 Å². The normalized spacial score (nSPS) is 28.4. The lowest BCUT2D eigenvalue weighted by molar-refractivity contribution is 0.145. The highest BCUT2D eigenvalue weighted by molar-refractivity contribution is 5.27. The summed E-state index contributed by atoms with van der Waals surface area (Å²) in [6.45, 7) is 5.14. The zero-order valence-electron chi connectivity index (χ0n) is 18.4. The molecule has 1 aromatic carbocycles. The molecule has 2 saturated carbocycles. The lowest BCUT2D eigenvalue weighted by Gasteiger charge is -2.37. The highest BCUT2D eigenvalue weighted by atomic mass is 19.1. The number of benzene rings is 1. The van der Waals surface area contributed by atoms with Crippen molar-refractivity contribution in [3.63, 3.8) is 0 Å². The Bertz CT molecular complexity index is 661. The molecule has 0 heterocycles. The third-order valence-electron chi connectivity index (χ3n) is 7.14. The van der Waals surface area contributed by atoms with Crippen LogP contribution < -0.4 is 0 Å². The molecule has 160 valence electrons. The SMILES string of the molecule is C/C=C\[C@H]1CC[C@H](C2CCC(c3ccc(COC/C=C/CC)c(F)c3)CC2)CC1. The van der Waals surface area contributed by atoms with Gasteiger partial charge in [0.2, 0.25) is 0 Å². The van der Waals surface area contributed by atoms with E-state index in [4.69, 9.17) is 4.74 Å². The number of halogens is 1. The van der Waals surface area contributed by atoms with Crippen LogP contribution in [0, 0.1) is 23.6 Å². The summed E-state index contributed by atoms with van der Waals surface area (Å²) >= 11 is 0. The lowest BCUT2D eigenvalue weighted by Crippen LogP contribution is -2.25. The molecule has 2 aliphatic carbocycles. The van der Waals surface area contributed by atoms with Crippen LogP contribution in [0.5, 0.6) is 0 Å². The molecular formula is C27H39FO. The fourth-order valence-corrected chi connectivity index (χ4v) is 5.41. The summed E-state index contributed by atoms with van der Waals surface area (Å²) in [4.78, 5) is 0. The first-order chi connectivity index (χ1) is 14.2. The van der Waals surface area contributed by atoms with Crippen molar-refractivity contribution in [3.05, 3.63) is 59.4 Å². The van der Waals surface area contributed by atoms with Gasteiger partial charge in [0.15, 0.2) is 0 Å². The molecule has 0 atom stereocenters. The molecule has 0 aromatic heterocycles. The van der Waals surface area contributed by atoms with Crippen molar-refractivity contribution in [2.45, 2.75) is 84.2 Å². The molecule has 0 N–H and O–H groups in total. The van der Waals surface area contributed by atoms with Gasteiger partial charge in [-0.1, -0.05) is 43.4 Å². The van der Waals surface area contributed by atoms with Crippen molar-refractivity contribution in [2.75, 3.05) is 6.61 Å². The largest absolute Gasteiger partial charge is 0.373 e. The molecule has 0 saturated heterocycles. The van der Waals surface area contributed by atoms with E-state index in [1.54, 1.807) is 6.07 Å². The molecule has 3 rings (SSSR count). The Kier molecular flexibility index (Phi) is 8.98. The number of hydrogen-bond donors (Lipinski definition) is 0. The summed E-state index contributed by atoms with van der Waals surface area (Å²) in [6.07, 6.45) is 20.3. The van der Waals surface area contributed by atoms with Crippen LogP contribution in [-0.4, -0.2) is 6.61 Å². The zero-order chi connectivity index (χ0) is 20.5. The van der Waals surface area contributed by atoms with E-state index < -0.39 is 0 Å². The number of rotatable bonds is 8. The zero-order valence-corrected chi connectivity index (χ0v) is 18.4. The van der Waals surface area contributed by atoms with Crippen molar-refractivity contribution < 1.29 is 9.13 Å². The van der Waals surface area contributed by atoms with Gasteiger partial charge < -0.3 is 4.74 Å². The van der Waals surface area contributed by atoms with Gasteiger partial charge in [-0.05, 0) is 100 Å². The van der Waals surface area contributed by atoms with E-state index in [0.717, 1.165) is 24.2 Å². The summed E-state index contributed by atoms with van der Waals surface area (Å²) in [5, 5.41) is 0. The van der Waals surface area contributed by atoms with Gasteiger partial charge in [-0.25, -0.2) is 4.39 Å². The van der Waals surface area contributed by atoms with E-state index in [2.05, 4.69) is 38.1 Å². The van der Waals surface area contributed by atoms with Crippen molar-refractivity contribution in [1.82, 2.24) is 0 Å². The fraction of sp³-hybridized carbons (Fsp3) is 0.630. The third kappa shape index (κ3) is 6.54. The van der Waals surface area contributed by atoms with Crippen LogP contribution in [0.15, 0.2) is 42.5 Å². The number of ether oxygens (including phenoxy) is 1. The first kappa shape index (κ1) is 22.3. The van der Waals surface area contributed by atoms with Crippen LogP contribution in [0.3, 0.4) is 0 Å². The monoisotopic (exact) mass is 398 g/mol. The van der Waals surface area contributed by atoms with Crippen molar-refractivity contribution in [1.29, 1.82) is 0 Å². The Labute approximate surface area is 177 Å². The summed E-state index contributed by atoms with van der Waals surface area (Å²) < 4.78 is 20.1. The smallest absolute Gasteiger partial charge is 0.129 e. The molecule has 0 bridgehead atoms. The minimum absolute atomic E-state index is 0.105. The molecule has 2 fully saturated rings. The first-order valence-electron chi connectivity index (χ1n) is 11.8. The number of allylic oxidation sites excluding steroid dienone is 3. The maximum atomic E-state index is 14.5. The minimum atomic E-state index is -0.105. The highest BCUT2D eigenvalue weighted by Crippen LogP contribution is 2.44. The van der Waals surface area contributed by atoms with Gasteiger partial charge in [-0.2, -0.15) is 0 Å². The number of hydrogen-bond acceptors (Lipinski definition) is 1. The second kappa shape index (κ2) is 11.7. The molecular weight excluding hydrogens is 359 g/mol. The second-order valence-corrected chi connectivity index (χ2v) is 9.06. The molecule has 0 unspecified atom stereocenters. The Morgan fingerprint density at radius 3 is 2.28 bits per heavy atom. The van der Waals surface area contributed by atoms with E-state index in [9.17, 15) is 4.39 Å². The molecule has 0 amide bonds. The molecule has 0 spiro atoms. The molecule has 1 aromatic rings. The molecule has 0 aliphatic heterocycles. The Morgan fingerprint density at radius 2 is 1.66 bits per heavy atom. The second-order valence-electron chi connectivity index (χ2n) is 9.06. The Hall–Kier alpha value is -1.41. The van der Waals surface area contributed by atoms with E-state index >= 15 is 0 Å². The predicted molar refractivity (Wildman–Crippen MR) is 120 cm³/mol. The van der Waals surface area contributed by atoms with E-state index in [1.165, 1.54) is 56.9 Å². The van der Waals surface area contributed by atoms with Gasteiger partial charge in [-0.3, -0.25) is 0 Å². The third-order valence-corrected chi connectivity index (χ3v) is 7.14. The van der Waals surface area contributed by atoms with E-state index in [-0.39, 0.29) is 5.82 Å².